The summed E-state index contributed by atoms with van der Waals surface area (Å²) in [5.74, 6) is 0. The maximum absolute atomic E-state index is 13.0. The molecule has 0 bridgehead atoms. The van der Waals surface area contributed by atoms with E-state index in [1.165, 1.54) is 29.8 Å². The third-order valence-electron chi connectivity index (χ3n) is 3.85. The quantitative estimate of drug-likeness (QED) is 0.825. The second-order valence-corrected chi connectivity index (χ2v) is 7.01. The van der Waals surface area contributed by atoms with Crippen LogP contribution in [0.25, 0.3) is 0 Å². The Labute approximate surface area is 123 Å². The van der Waals surface area contributed by atoms with E-state index in [-0.39, 0.29) is 6.04 Å². The molecule has 6 nitrogen and oxygen atoms in total. The van der Waals surface area contributed by atoms with Crippen LogP contribution in [-0.2, 0) is 10.2 Å². The molecule has 1 aliphatic carbocycles. The van der Waals surface area contributed by atoms with Gasteiger partial charge >= 0.3 is 0 Å². The van der Waals surface area contributed by atoms with E-state index in [1.807, 2.05) is 0 Å². The van der Waals surface area contributed by atoms with Crippen molar-refractivity contribution in [3.8, 4) is 0 Å². The smallest absolute Gasteiger partial charge is 0.263 e. The van der Waals surface area contributed by atoms with Gasteiger partial charge < -0.3 is 0 Å². The van der Waals surface area contributed by atoms with Crippen molar-refractivity contribution in [2.45, 2.75) is 44.2 Å². The summed E-state index contributed by atoms with van der Waals surface area (Å²) in [4.78, 5) is 0. The SMILES string of the molecule is CN(C1CCCC1)S(=O)(=O)NCC(C(F)F)n1cccn1. The summed E-state index contributed by atoms with van der Waals surface area (Å²) < 4.78 is 55.0. The maximum atomic E-state index is 13.0. The van der Waals surface area contributed by atoms with Crippen molar-refractivity contribution in [1.29, 1.82) is 0 Å². The molecule has 120 valence electrons. The molecule has 1 aliphatic rings. The lowest BCUT2D eigenvalue weighted by atomic mass is 10.3. The zero-order valence-electron chi connectivity index (χ0n) is 11.8. The summed E-state index contributed by atoms with van der Waals surface area (Å²) in [6.45, 7) is -0.390. The molecule has 1 atom stereocenters. The van der Waals surface area contributed by atoms with Gasteiger partial charge in [0.25, 0.3) is 16.6 Å². The first-order chi connectivity index (χ1) is 9.92. The van der Waals surface area contributed by atoms with Gasteiger partial charge in [0.15, 0.2) is 0 Å². The van der Waals surface area contributed by atoms with Crippen LogP contribution in [0.2, 0.25) is 0 Å². The molecule has 2 rings (SSSR count). The molecule has 0 radical (unpaired) electrons. The molecule has 1 unspecified atom stereocenters. The van der Waals surface area contributed by atoms with Gasteiger partial charge in [-0.25, -0.2) is 8.78 Å². The zero-order valence-corrected chi connectivity index (χ0v) is 12.6. The van der Waals surface area contributed by atoms with Gasteiger partial charge in [0.05, 0.1) is 0 Å². The highest BCUT2D eigenvalue weighted by molar-refractivity contribution is 7.87. The Bertz CT molecular complexity index is 529. The third kappa shape index (κ3) is 3.98. The number of hydrogen-bond donors (Lipinski definition) is 1. The number of nitrogens with one attached hydrogen (secondary N) is 1. The molecule has 1 saturated carbocycles. The van der Waals surface area contributed by atoms with Crippen LogP contribution in [0.4, 0.5) is 8.78 Å². The lowest BCUT2D eigenvalue weighted by molar-refractivity contribution is 0.0784. The minimum Gasteiger partial charge on any atom is -0.263 e. The van der Waals surface area contributed by atoms with Crippen LogP contribution in [0.5, 0.6) is 0 Å². The maximum Gasteiger partial charge on any atom is 0.279 e. The lowest BCUT2D eigenvalue weighted by Crippen LogP contribution is -2.45. The Morgan fingerprint density at radius 1 is 1.43 bits per heavy atom. The molecule has 0 saturated heterocycles. The molecule has 1 aromatic rings. The van der Waals surface area contributed by atoms with E-state index in [1.54, 1.807) is 0 Å². The molecular weight excluding hydrogens is 302 g/mol. The standard InChI is InChI=1S/C12H20F2N4O2S/c1-17(10-5-2-3-6-10)21(19,20)16-9-11(12(13)14)18-8-4-7-15-18/h4,7-8,10-12,16H,2-3,5-6,9H2,1H3. The molecule has 1 fully saturated rings. The lowest BCUT2D eigenvalue weighted by Gasteiger charge is -2.25. The van der Waals surface area contributed by atoms with Crippen LogP contribution in [0, 0.1) is 0 Å². The number of nitrogens with zero attached hydrogens (tertiary/aromatic N) is 3. The molecule has 0 aliphatic heterocycles. The molecule has 1 aromatic heterocycles. The van der Waals surface area contributed by atoms with Crippen molar-refractivity contribution in [2.24, 2.45) is 0 Å². The summed E-state index contributed by atoms with van der Waals surface area (Å²) in [6.07, 6.45) is 3.70. The average Bonchev–Trinajstić information content (AvgIpc) is 3.10. The second-order valence-electron chi connectivity index (χ2n) is 5.20. The van der Waals surface area contributed by atoms with Gasteiger partial charge in [-0.1, -0.05) is 12.8 Å². The van der Waals surface area contributed by atoms with Gasteiger partial charge in [-0.2, -0.15) is 22.5 Å². The first kappa shape index (κ1) is 16.3. The van der Waals surface area contributed by atoms with Crippen LogP contribution < -0.4 is 4.72 Å². The molecule has 1 N–H and O–H groups in total. The predicted molar refractivity (Wildman–Crippen MR) is 74.2 cm³/mol. The Hall–Kier alpha value is -1.06. The normalized spacial score (nSPS) is 18.7. The highest BCUT2D eigenvalue weighted by Gasteiger charge is 2.31. The van der Waals surface area contributed by atoms with E-state index in [0.717, 1.165) is 30.4 Å². The predicted octanol–water partition coefficient (Wildman–Crippen LogP) is 1.40. The van der Waals surface area contributed by atoms with Crippen LogP contribution >= 0.6 is 0 Å². The summed E-state index contributed by atoms with van der Waals surface area (Å²) in [7, 11) is -2.26. The Morgan fingerprint density at radius 2 is 2.10 bits per heavy atom. The molecule has 9 heteroatoms. The van der Waals surface area contributed by atoms with Gasteiger partial charge in [-0.05, 0) is 18.9 Å². The Balaban J connectivity index is 1.99. The fraction of sp³-hybridized carbons (Fsp3) is 0.750. The Morgan fingerprint density at radius 3 is 2.62 bits per heavy atom. The molecule has 21 heavy (non-hydrogen) atoms. The van der Waals surface area contributed by atoms with Crippen molar-refractivity contribution in [3.05, 3.63) is 18.5 Å². The first-order valence-corrected chi connectivity index (χ1v) is 8.35. The summed E-state index contributed by atoms with van der Waals surface area (Å²) >= 11 is 0. The van der Waals surface area contributed by atoms with E-state index in [9.17, 15) is 17.2 Å². The van der Waals surface area contributed by atoms with E-state index in [2.05, 4.69) is 9.82 Å². The minimum atomic E-state index is -3.75. The fourth-order valence-electron chi connectivity index (χ4n) is 2.53. The number of aromatic nitrogens is 2. The largest absolute Gasteiger partial charge is 0.279 e. The van der Waals surface area contributed by atoms with E-state index < -0.39 is 29.2 Å². The van der Waals surface area contributed by atoms with Crippen molar-refractivity contribution in [2.75, 3.05) is 13.6 Å². The van der Waals surface area contributed by atoms with Crippen molar-refractivity contribution in [3.63, 3.8) is 0 Å². The van der Waals surface area contributed by atoms with Gasteiger partial charge in [0.2, 0.25) is 0 Å². The van der Waals surface area contributed by atoms with Crippen LogP contribution in [0.15, 0.2) is 18.5 Å². The number of alkyl halides is 2. The third-order valence-corrected chi connectivity index (χ3v) is 5.44. The summed E-state index contributed by atoms with van der Waals surface area (Å²) in [6, 6.07) is 0.165. The van der Waals surface area contributed by atoms with E-state index >= 15 is 0 Å². The second kappa shape index (κ2) is 6.80. The topological polar surface area (TPSA) is 67.2 Å². The molecule has 0 aromatic carbocycles. The van der Waals surface area contributed by atoms with Crippen LogP contribution in [-0.4, -0.2) is 48.6 Å². The van der Waals surface area contributed by atoms with Gasteiger partial charge in [-0.3, -0.25) is 4.68 Å². The van der Waals surface area contributed by atoms with Crippen molar-refractivity contribution < 1.29 is 17.2 Å². The molecule has 0 spiro atoms. The molecule has 0 amide bonds. The monoisotopic (exact) mass is 322 g/mol. The highest BCUT2D eigenvalue weighted by Crippen LogP contribution is 2.24. The number of halogens is 2. The van der Waals surface area contributed by atoms with Gasteiger partial charge in [0.1, 0.15) is 6.04 Å². The minimum absolute atomic E-state index is 0.0443. The van der Waals surface area contributed by atoms with Gasteiger partial charge in [0, 0.05) is 32.0 Å². The van der Waals surface area contributed by atoms with Crippen LogP contribution in [0.1, 0.15) is 31.7 Å². The highest BCUT2D eigenvalue weighted by atomic mass is 32.2. The van der Waals surface area contributed by atoms with Crippen molar-refractivity contribution >= 4 is 10.2 Å². The Kier molecular flexibility index (Phi) is 5.28. The average molecular weight is 322 g/mol. The molecule has 1 heterocycles. The van der Waals surface area contributed by atoms with E-state index in [4.69, 9.17) is 0 Å². The molecular formula is C12H20F2N4O2S. The van der Waals surface area contributed by atoms with E-state index in [0.29, 0.717) is 0 Å². The zero-order chi connectivity index (χ0) is 15.5. The fourth-order valence-corrected chi connectivity index (χ4v) is 3.72. The summed E-state index contributed by atoms with van der Waals surface area (Å²) in [5, 5.41) is 3.75. The van der Waals surface area contributed by atoms with Crippen molar-refractivity contribution in [1.82, 2.24) is 18.8 Å². The number of hydrogen-bond acceptors (Lipinski definition) is 3. The number of rotatable bonds is 7. The summed E-state index contributed by atoms with van der Waals surface area (Å²) in [5.41, 5.74) is 0. The van der Waals surface area contributed by atoms with Crippen LogP contribution in [0.3, 0.4) is 0 Å². The van der Waals surface area contributed by atoms with Gasteiger partial charge in [-0.15, -0.1) is 0 Å². The first-order valence-electron chi connectivity index (χ1n) is 6.91.